The molecule has 1 aliphatic rings. The predicted molar refractivity (Wildman–Crippen MR) is 101 cm³/mol. The van der Waals surface area contributed by atoms with Gasteiger partial charge in [-0.2, -0.15) is 0 Å². The molecule has 23 heavy (non-hydrogen) atoms. The Bertz CT molecular complexity index is 645. The fraction of sp³-hybridized carbons (Fsp3) is 0.294. The Labute approximate surface area is 156 Å². The fourth-order valence-electron chi connectivity index (χ4n) is 2.98. The minimum Gasteiger partial charge on any atom is -0.346 e. The molecule has 2 nitrogen and oxygen atoms in total. The molecule has 1 saturated heterocycles. The summed E-state index contributed by atoms with van der Waals surface area (Å²) in [6.45, 7) is 3.58. The molecule has 1 aliphatic heterocycles. The van der Waals surface area contributed by atoms with Crippen molar-refractivity contribution in [2.45, 2.75) is 16.9 Å². The molecule has 1 heterocycles. The number of hydrogen-bond donors (Lipinski definition) is 0. The van der Waals surface area contributed by atoms with Crippen LogP contribution in [0.2, 0.25) is 5.02 Å². The third kappa shape index (κ3) is 3.66. The van der Waals surface area contributed by atoms with E-state index >= 15 is 0 Å². The van der Waals surface area contributed by atoms with E-state index in [0.717, 1.165) is 24.5 Å². The molecule has 0 radical (unpaired) electrons. The number of rotatable bonds is 2. The molecule has 0 aromatic heterocycles. The van der Waals surface area contributed by atoms with E-state index in [4.69, 9.17) is 46.4 Å². The first-order valence-electron chi connectivity index (χ1n) is 7.28. The van der Waals surface area contributed by atoms with Gasteiger partial charge in [-0.05, 0) is 42.8 Å². The van der Waals surface area contributed by atoms with Crippen molar-refractivity contribution >= 4 is 57.8 Å². The van der Waals surface area contributed by atoms with Gasteiger partial charge in [0.05, 0.1) is 0 Å². The smallest absolute Gasteiger partial charge is 0.228 e. The maximum absolute atomic E-state index is 6.32. The molecule has 1 unspecified atom stereocenters. The van der Waals surface area contributed by atoms with Gasteiger partial charge in [0.25, 0.3) is 0 Å². The van der Waals surface area contributed by atoms with Gasteiger partial charge in [0.15, 0.2) is 6.17 Å². The molecule has 2 aromatic rings. The summed E-state index contributed by atoms with van der Waals surface area (Å²) in [5, 5.41) is 0.666. The van der Waals surface area contributed by atoms with E-state index < -0.39 is 9.96 Å². The van der Waals surface area contributed by atoms with Crippen LogP contribution >= 0.6 is 46.4 Å². The van der Waals surface area contributed by atoms with Crippen LogP contribution in [0.4, 0.5) is 11.4 Å². The van der Waals surface area contributed by atoms with Crippen LogP contribution in [0.3, 0.4) is 0 Å². The molecule has 6 heteroatoms. The van der Waals surface area contributed by atoms with Crippen molar-refractivity contribution in [2.75, 3.05) is 22.9 Å². The van der Waals surface area contributed by atoms with Gasteiger partial charge in [0.1, 0.15) is 0 Å². The highest BCUT2D eigenvalue weighted by Crippen LogP contribution is 2.42. The number of halogens is 4. The highest BCUT2D eigenvalue weighted by molar-refractivity contribution is 6.68. The van der Waals surface area contributed by atoms with Crippen LogP contribution < -0.4 is 9.80 Å². The molecule has 0 amide bonds. The summed E-state index contributed by atoms with van der Waals surface area (Å²) in [5.74, 6) is 0. The van der Waals surface area contributed by atoms with Crippen LogP contribution in [-0.2, 0) is 0 Å². The Morgan fingerprint density at radius 2 is 1.48 bits per heavy atom. The number of hydrogen-bond acceptors (Lipinski definition) is 2. The molecular formula is C17H16Cl4N2. The minimum absolute atomic E-state index is 0.396. The average molecular weight is 390 g/mol. The Balaban J connectivity index is 2.00. The Morgan fingerprint density at radius 1 is 0.913 bits per heavy atom. The molecule has 3 rings (SSSR count). The van der Waals surface area contributed by atoms with Crippen LogP contribution in [0, 0.1) is 6.92 Å². The number of benzene rings is 2. The lowest BCUT2D eigenvalue weighted by Crippen LogP contribution is -2.48. The van der Waals surface area contributed by atoms with Crippen molar-refractivity contribution in [1.29, 1.82) is 0 Å². The third-order valence-electron chi connectivity index (χ3n) is 3.94. The molecule has 0 bridgehead atoms. The van der Waals surface area contributed by atoms with Crippen LogP contribution in [0.25, 0.3) is 0 Å². The highest BCUT2D eigenvalue weighted by Gasteiger charge is 2.45. The van der Waals surface area contributed by atoms with E-state index in [1.165, 1.54) is 5.56 Å². The quantitative estimate of drug-likeness (QED) is 0.610. The van der Waals surface area contributed by atoms with Gasteiger partial charge < -0.3 is 9.80 Å². The molecule has 1 fully saturated rings. The van der Waals surface area contributed by atoms with Gasteiger partial charge in [-0.15, -0.1) is 0 Å². The van der Waals surface area contributed by atoms with Crippen molar-refractivity contribution in [3.05, 3.63) is 59.1 Å². The van der Waals surface area contributed by atoms with Crippen molar-refractivity contribution in [3.8, 4) is 0 Å². The van der Waals surface area contributed by atoms with Crippen molar-refractivity contribution in [2.24, 2.45) is 0 Å². The lowest BCUT2D eigenvalue weighted by atomic mass is 10.2. The standard InChI is InChI=1S/C17H16Cl4N2/c1-12-4-2-6-14(10-12)22-8-9-23(16(22)17(19,20)21)15-7-3-5-13(18)11-15/h2-7,10-11,16H,8-9H2,1H3. The maximum Gasteiger partial charge on any atom is 0.228 e. The van der Waals surface area contributed by atoms with E-state index in [9.17, 15) is 0 Å². The van der Waals surface area contributed by atoms with Crippen molar-refractivity contribution in [1.82, 2.24) is 0 Å². The largest absolute Gasteiger partial charge is 0.346 e. The monoisotopic (exact) mass is 388 g/mol. The van der Waals surface area contributed by atoms with E-state index in [-0.39, 0.29) is 0 Å². The minimum atomic E-state index is -1.46. The Kier molecular flexibility index (Phi) is 4.89. The summed E-state index contributed by atoms with van der Waals surface area (Å²) < 4.78 is -1.46. The lowest BCUT2D eigenvalue weighted by molar-refractivity contribution is 0.681. The first kappa shape index (κ1) is 17.0. The fourth-order valence-corrected chi connectivity index (χ4v) is 3.88. The van der Waals surface area contributed by atoms with E-state index in [1.807, 2.05) is 36.4 Å². The maximum atomic E-state index is 6.32. The van der Waals surface area contributed by atoms with Gasteiger partial charge in [0, 0.05) is 29.5 Å². The van der Waals surface area contributed by atoms with Crippen LogP contribution in [-0.4, -0.2) is 23.0 Å². The Hall–Kier alpha value is -0.800. The molecule has 0 aliphatic carbocycles. The summed E-state index contributed by atoms with van der Waals surface area (Å²) in [5.41, 5.74) is 3.17. The van der Waals surface area contributed by atoms with Crippen molar-refractivity contribution in [3.63, 3.8) is 0 Å². The Morgan fingerprint density at radius 3 is 2.00 bits per heavy atom. The normalized spacial score (nSPS) is 18.6. The first-order chi connectivity index (χ1) is 10.9. The number of alkyl halides is 3. The van der Waals surface area contributed by atoms with Crippen LogP contribution in [0.5, 0.6) is 0 Å². The zero-order chi connectivity index (χ0) is 16.6. The zero-order valence-electron chi connectivity index (χ0n) is 12.5. The summed E-state index contributed by atoms with van der Waals surface area (Å²) in [6.07, 6.45) is -0.396. The number of aryl methyl sites for hydroxylation is 1. The van der Waals surface area contributed by atoms with Gasteiger partial charge >= 0.3 is 0 Å². The first-order valence-corrected chi connectivity index (χ1v) is 8.80. The van der Waals surface area contributed by atoms with Crippen LogP contribution in [0.1, 0.15) is 5.56 Å². The summed E-state index contributed by atoms with van der Waals surface area (Å²) in [7, 11) is 0. The summed E-state index contributed by atoms with van der Waals surface area (Å²) in [6, 6.07) is 15.8. The topological polar surface area (TPSA) is 6.48 Å². The van der Waals surface area contributed by atoms with Gasteiger partial charge in [-0.25, -0.2) is 0 Å². The van der Waals surface area contributed by atoms with Crippen LogP contribution in [0.15, 0.2) is 48.5 Å². The second-order valence-corrected chi connectivity index (χ2v) is 8.43. The number of nitrogens with zero attached hydrogens (tertiary/aromatic N) is 2. The molecule has 0 saturated carbocycles. The molecule has 0 spiro atoms. The molecular weight excluding hydrogens is 374 g/mol. The summed E-state index contributed by atoms with van der Waals surface area (Å²) in [4.78, 5) is 4.21. The van der Waals surface area contributed by atoms with Gasteiger partial charge in [-0.1, -0.05) is 64.6 Å². The zero-order valence-corrected chi connectivity index (χ0v) is 15.5. The van der Waals surface area contributed by atoms with E-state index in [1.54, 1.807) is 0 Å². The SMILES string of the molecule is Cc1cccc(N2CCN(c3cccc(Cl)c3)C2C(Cl)(Cl)Cl)c1. The van der Waals surface area contributed by atoms with E-state index in [0.29, 0.717) is 5.02 Å². The number of anilines is 2. The highest BCUT2D eigenvalue weighted by atomic mass is 35.6. The predicted octanol–water partition coefficient (Wildman–Crippen LogP) is 5.67. The molecule has 122 valence electrons. The van der Waals surface area contributed by atoms with Crippen molar-refractivity contribution < 1.29 is 0 Å². The lowest BCUT2D eigenvalue weighted by Gasteiger charge is -2.37. The average Bonchev–Trinajstić information content (AvgIpc) is 2.92. The molecule has 0 N–H and O–H groups in total. The van der Waals surface area contributed by atoms with E-state index in [2.05, 4.69) is 28.9 Å². The van der Waals surface area contributed by atoms with Gasteiger partial charge in [0.2, 0.25) is 3.79 Å². The molecule has 1 atom stereocenters. The third-order valence-corrected chi connectivity index (χ3v) is 4.76. The van der Waals surface area contributed by atoms with Gasteiger partial charge in [-0.3, -0.25) is 0 Å². The second-order valence-electron chi connectivity index (χ2n) is 5.62. The molecule has 2 aromatic carbocycles. The second kappa shape index (κ2) is 6.60. The summed E-state index contributed by atoms with van der Waals surface area (Å²) >= 11 is 25.1.